The molecular formula is C18H30N2O5. The van der Waals surface area contributed by atoms with Crippen LogP contribution in [0.1, 0.15) is 65.7 Å². The molecule has 1 aliphatic heterocycles. The van der Waals surface area contributed by atoms with E-state index in [-0.39, 0.29) is 17.9 Å². The van der Waals surface area contributed by atoms with Crippen LogP contribution >= 0.6 is 0 Å². The average molecular weight is 354 g/mol. The summed E-state index contributed by atoms with van der Waals surface area (Å²) in [5.41, 5.74) is -1.65. The second-order valence-electron chi connectivity index (χ2n) is 8.18. The van der Waals surface area contributed by atoms with Crippen LogP contribution in [-0.2, 0) is 14.3 Å². The molecule has 0 spiro atoms. The minimum atomic E-state index is -1.11. The molecule has 0 radical (unpaired) electrons. The number of piperidine rings is 1. The van der Waals surface area contributed by atoms with Crippen molar-refractivity contribution in [2.24, 2.45) is 5.92 Å². The van der Waals surface area contributed by atoms with Crippen LogP contribution in [-0.4, -0.2) is 52.2 Å². The van der Waals surface area contributed by atoms with Gasteiger partial charge in [0.15, 0.2) is 0 Å². The minimum absolute atomic E-state index is 0.201. The maximum Gasteiger partial charge on any atom is 0.410 e. The zero-order chi connectivity index (χ0) is 18.7. The number of likely N-dealkylation sites (tertiary alicyclic amines) is 1. The van der Waals surface area contributed by atoms with Crippen LogP contribution in [0.2, 0.25) is 0 Å². The molecule has 2 fully saturated rings. The van der Waals surface area contributed by atoms with Crippen molar-refractivity contribution in [3.8, 4) is 0 Å². The van der Waals surface area contributed by atoms with Gasteiger partial charge in [-0.3, -0.25) is 4.79 Å². The summed E-state index contributed by atoms with van der Waals surface area (Å²) in [6.07, 6.45) is 4.34. The van der Waals surface area contributed by atoms with Crippen LogP contribution in [0.5, 0.6) is 0 Å². The van der Waals surface area contributed by atoms with E-state index in [9.17, 15) is 19.5 Å². The number of nitrogens with zero attached hydrogens (tertiary/aromatic N) is 1. The molecule has 2 amide bonds. The Balaban J connectivity index is 1.88. The highest BCUT2D eigenvalue weighted by Gasteiger charge is 2.42. The average Bonchev–Trinajstić information content (AvgIpc) is 2.54. The number of hydrogen-bond donors (Lipinski definition) is 2. The van der Waals surface area contributed by atoms with Gasteiger partial charge in [0, 0.05) is 19.0 Å². The molecule has 0 aromatic rings. The monoisotopic (exact) mass is 354 g/mol. The van der Waals surface area contributed by atoms with Crippen molar-refractivity contribution in [1.29, 1.82) is 0 Å². The van der Waals surface area contributed by atoms with Crippen molar-refractivity contribution < 1.29 is 24.2 Å². The van der Waals surface area contributed by atoms with Crippen molar-refractivity contribution in [3.63, 3.8) is 0 Å². The lowest BCUT2D eigenvalue weighted by Crippen LogP contribution is -2.57. The standard InChI is InChI=1S/C18H30N2O5/c1-17(2,3)25-16(24)20-11-7-13(8-12-20)14(21)19-18(15(22)23)9-5-4-6-10-18/h13H,4-12H2,1-3H3,(H,19,21)(H,22,23). The van der Waals surface area contributed by atoms with Crippen LogP contribution in [0.3, 0.4) is 0 Å². The van der Waals surface area contributed by atoms with E-state index in [1.165, 1.54) is 0 Å². The lowest BCUT2D eigenvalue weighted by atomic mass is 9.81. The molecule has 2 aliphatic rings. The number of rotatable bonds is 3. The first-order valence-electron chi connectivity index (χ1n) is 9.16. The Kier molecular flexibility index (Phi) is 5.95. The predicted molar refractivity (Wildman–Crippen MR) is 92.1 cm³/mol. The minimum Gasteiger partial charge on any atom is -0.480 e. The van der Waals surface area contributed by atoms with Crippen molar-refractivity contribution >= 4 is 18.0 Å². The fourth-order valence-electron chi connectivity index (χ4n) is 3.54. The Labute approximate surface area is 149 Å². The maximum atomic E-state index is 12.6. The number of amides is 2. The highest BCUT2D eigenvalue weighted by Crippen LogP contribution is 2.30. The van der Waals surface area contributed by atoms with Gasteiger partial charge in [-0.1, -0.05) is 19.3 Å². The molecule has 0 aromatic heterocycles. The number of carboxylic acid groups (broad SMARTS) is 1. The van der Waals surface area contributed by atoms with Crippen LogP contribution in [0, 0.1) is 5.92 Å². The van der Waals surface area contributed by atoms with E-state index < -0.39 is 17.1 Å². The number of aliphatic carboxylic acids is 1. The summed E-state index contributed by atoms with van der Waals surface area (Å²) in [7, 11) is 0. The van der Waals surface area contributed by atoms with E-state index >= 15 is 0 Å². The zero-order valence-electron chi connectivity index (χ0n) is 15.5. The van der Waals surface area contributed by atoms with Gasteiger partial charge in [-0.05, 0) is 46.5 Å². The van der Waals surface area contributed by atoms with Crippen LogP contribution in [0.25, 0.3) is 0 Å². The molecule has 7 heteroatoms. The first-order chi connectivity index (χ1) is 11.6. The van der Waals surface area contributed by atoms with E-state index in [2.05, 4.69) is 5.32 Å². The normalized spacial score (nSPS) is 21.5. The summed E-state index contributed by atoms with van der Waals surface area (Å²) in [5, 5.41) is 12.4. The molecule has 1 saturated heterocycles. The predicted octanol–water partition coefficient (Wildman–Crippen LogP) is 2.54. The molecule has 7 nitrogen and oxygen atoms in total. The second kappa shape index (κ2) is 7.62. The van der Waals surface area contributed by atoms with Crippen molar-refractivity contribution in [2.75, 3.05) is 13.1 Å². The molecule has 25 heavy (non-hydrogen) atoms. The Hall–Kier alpha value is -1.79. The lowest BCUT2D eigenvalue weighted by molar-refractivity contribution is -0.150. The Morgan fingerprint density at radius 2 is 1.64 bits per heavy atom. The van der Waals surface area contributed by atoms with Crippen LogP contribution in [0.15, 0.2) is 0 Å². The number of carbonyl (C=O) groups excluding carboxylic acids is 2. The van der Waals surface area contributed by atoms with Crippen molar-refractivity contribution in [2.45, 2.75) is 76.9 Å². The fourth-order valence-corrected chi connectivity index (χ4v) is 3.54. The summed E-state index contributed by atoms with van der Waals surface area (Å²) in [5.74, 6) is -1.39. The lowest BCUT2D eigenvalue weighted by Gasteiger charge is -2.37. The Bertz CT molecular complexity index is 512. The largest absolute Gasteiger partial charge is 0.480 e. The molecule has 0 atom stereocenters. The molecule has 2 N–H and O–H groups in total. The number of carbonyl (C=O) groups is 3. The van der Waals surface area contributed by atoms with E-state index in [1.54, 1.807) is 4.90 Å². The third-order valence-corrected chi connectivity index (χ3v) is 5.00. The van der Waals surface area contributed by atoms with Crippen LogP contribution < -0.4 is 5.32 Å². The van der Waals surface area contributed by atoms with Gasteiger partial charge in [0.1, 0.15) is 11.1 Å². The van der Waals surface area contributed by atoms with Gasteiger partial charge in [-0.15, -0.1) is 0 Å². The van der Waals surface area contributed by atoms with Gasteiger partial charge in [0.25, 0.3) is 0 Å². The summed E-state index contributed by atoms with van der Waals surface area (Å²) in [6, 6.07) is 0. The van der Waals surface area contributed by atoms with Crippen molar-refractivity contribution in [1.82, 2.24) is 10.2 Å². The summed E-state index contributed by atoms with van der Waals surface area (Å²) in [4.78, 5) is 37.9. The molecule has 0 aromatic carbocycles. The molecule has 1 heterocycles. The summed E-state index contributed by atoms with van der Waals surface area (Å²) < 4.78 is 5.35. The van der Waals surface area contributed by atoms with E-state index in [1.807, 2.05) is 20.8 Å². The van der Waals surface area contributed by atoms with Gasteiger partial charge in [-0.25, -0.2) is 9.59 Å². The Morgan fingerprint density at radius 3 is 2.12 bits per heavy atom. The highest BCUT2D eigenvalue weighted by atomic mass is 16.6. The van der Waals surface area contributed by atoms with Gasteiger partial charge < -0.3 is 20.1 Å². The zero-order valence-corrected chi connectivity index (χ0v) is 15.5. The fraction of sp³-hybridized carbons (Fsp3) is 0.833. The van der Waals surface area contributed by atoms with Crippen molar-refractivity contribution in [3.05, 3.63) is 0 Å². The summed E-state index contributed by atoms with van der Waals surface area (Å²) >= 11 is 0. The number of carboxylic acids is 1. The number of nitrogens with one attached hydrogen (secondary N) is 1. The molecule has 0 bridgehead atoms. The first-order valence-corrected chi connectivity index (χ1v) is 9.16. The molecular weight excluding hydrogens is 324 g/mol. The van der Waals surface area contributed by atoms with Crippen LogP contribution in [0.4, 0.5) is 4.79 Å². The molecule has 142 valence electrons. The third kappa shape index (κ3) is 5.09. The third-order valence-electron chi connectivity index (χ3n) is 5.00. The molecule has 1 aliphatic carbocycles. The summed E-state index contributed by atoms with van der Waals surface area (Å²) in [6.45, 7) is 6.36. The molecule has 0 unspecified atom stereocenters. The topological polar surface area (TPSA) is 95.9 Å². The molecule has 2 rings (SSSR count). The maximum absolute atomic E-state index is 12.6. The smallest absolute Gasteiger partial charge is 0.410 e. The highest BCUT2D eigenvalue weighted by molar-refractivity contribution is 5.88. The molecule has 1 saturated carbocycles. The quantitative estimate of drug-likeness (QED) is 0.812. The van der Waals surface area contributed by atoms with E-state index in [0.29, 0.717) is 38.8 Å². The SMILES string of the molecule is CC(C)(C)OC(=O)N1CCC(C(=O)NC2(C(=O)O)CCCCC2)CC1. The van der Waals surface area contributed by atoms with Gasteiger partial charge >= 0.3 is 12.1 Å². The van der Waals surface area contributed by atoms with Gasteiger partial charge in [-0.2, -0.15) is 0 Å². The van der Waals surface area contributed by atoms with Gasteiger partial charge in [0.05, 0.1) is 0 Å². The number of ether oxygens (including phenoxy) is 1. The van der Waals surface area contributed by atoms with E-state index in [0.717, 1.165) is 19.3 Å². The van der Waals surface area contributed by atoms with E-state index in [4.69, 9.17) is 4.74 Å². The van der Waals surface area contributed by atoms with Gasteiger partial charge in [0.2, 0.25) is 5.91 Å². The Morgan fingerprint density at radius 1 is 1.08 bits per heavy atom. The second-order valence-corrected chi connectivity index (χ2v) is 8.18. The first kappa shape index (κ1) is 19.5. The number of hydrogen-bond acceptors (Lipinski definition) is 4.